The summed E-state index contributed by atoms with van der Waals surface area (Å²) in [6.07, 6.45) is 1.26. The number of hydrogen-bond donors (Lipinski definition) is 1. The van der Waals surface area contributed by atoms with Gasteiger partial charge in [-0.25, -0.2) is 0 Å². The quantitative estimate of drug-likeness (QED) is 0.755. The molecule has 2 heteroatoms. The summed E-state index contributed by atoms with van der Waals surface area (Å²) < 4.78 is 4.01. The molecule has 0 bridgehead atoms. The SMILES string of the molecule is CNCCc1ccc[te]1. The molecule has 0 atom stereocenters. The standard InChI is InChI=1S/C7H11NTe/c1-8-5-4-7-3-2-6-9-7/h2-3,6,8H,4-5H2,1H3. The van der Waals surface area contributed by atoms with Crippen LogP contribution in [0.2, 0.25) is 0 Å². The summed E-state index contributed by atoms with van der Waals surface area (Å²) in [6.45, 7) is 1.14. The average molecular weight is 237 g/mol. The van der Waals surface area contributed by atoms with Crippen LogP contribution in [0.25, 0.3) is 0 Å². The van der Waals surface area contributed by atoms with E-state index in [9.17, 15) is 0 Å². The monoisotopic (exact) mass is 239 g/mol. The Morgan fingerprint density at radius 2 is 2.56 bits per heavy atom. The van der Waals surface area contributed by atoms with Gasteiger partial charge in [-0.15, -0.1) is 0 Å². The zero-order valence-electron chi connectivity index (χ0n) is 5.55. The molecule has 0 unspecified atom stereocenters. The minimum atomic E-state index is 0.147. The molecule has 0 radical (unpaired) electrons. The molecule has 1 aromatic heterocycles. The fraction of sp³-hybridized carbons (Fsp3) is 0.429. The van der Waals surface area contributed by atoms with Crippen LogP contribution in [0, 0.1) is 0 Å². The Balaban J connectivity index is 2.30. The van der Waals surface area contributed by atoms with Gasteiger partial charge in [0.1, 0.15) is 0 Å². The van der Waals surface area contributed by atoms with Gasteiger partial charge in [0.15, 0.2) is 0 Å². The van der Waals surface area contributed by atoms with Gasteiger partial charge in [-0.2, -0.15) is 0 Å². The van der Waals surface area contributed by atoms with Crippen LogP contribution in [-0.4, -0.2) is 34.0 Å². The van der Waals surface area contributed by atoms with Crippen molar-refractivity contribution in [1.82, 2.24) is 5.32 Å². The topological polar surface area (TPSA) is 12.0 Å². The number of nitrogens with one attached hydrogen (secondary N) is 1. The summed E-state index contributed by atoms with van der Waals surface area (Å²) in [5.74, 6) is 0. The van der Waals surface area contributed by atoms with Gasteiger partial charge in [0, 0.05) is 0 Å². The van der Waals surface area contributed by atoms with Crippen molar-refractivity contribution >= 4 is 20.4 Å². The van der Waals surface area contributed by atoms with E-state index in [-0.39, 0.29) is 20.4 Å². The Hall–Kier alpha value is 0.230. The van der Waals surface area contributed by atoms with Crippen molar-refractivity contribution in [2.24, 2.45) is 0 Å². The van der Waals surface area contributed by atoms with Gasteiger partial charge in [0.25, 0.3) is 0 Å². The molecule has 1 heterocycles. The van der Waals surface area contributed by atoms with Crippen molar-refractivity contribution < 1.29 is 0 Å². The first-order valence-corrected chi connectivity index (χ1v) is 5.61. The molecule has 50 valence electrons. The predicted molar refractivity (Wildman–Crippen MR) is 41.0 cm³/mol. The van der Waals surface area contributed by atoms with Gasteiger partial charge in [-0.1, -0.05) is 0 Å². The van der Waals surface area contributed by atoms with Gasteiger partial charge >= 0.3 is 65.6 Å². The van der Waals surface area contributed by atoms with Crippen LogP contribution in [0.4, 0.5) is 0 Å². The van der Waals surface area contributed by atoms with Gasteiger partial charge in [-0.3, -0.25) is 0 Å². The summed E-state index contributed by atoms with van der Waals surface area (Å²) in [5.41, 5.74) is 0. The van der Waals surface area contributed by atoms with Crippen molar-refractivity contribution in [3.8, 4) is 0 Å². The first-order chi connectivity index (χ1) is 4.43. The molecule has 1 nitrogen and oxygen atoms in total. The Labute approximate surface area is 65.7 Å². The molecule has 0 saturated carbocycles. The fourth-order valence-corrected chi connectivity index (χ4v) is 2.73. The number of rotatable bonds is 3. The molecular weight excluding hydrogens is 226 g/mol. The Bertz CT molecular complexity index is 146. The van der Waals surface area contributed by atoms with Crippen LogP contribution in [0.3, 0.4) is 0 Å². The maximum atomic E-state index is 3.15. The van der Waals surface area contributed by atoms with Crippen molar-refractivity contribution in [1.29, 1.82) is 0 Å². The minimum absolute atomic E-state index is 0.147. The summed E-state index contributed by atoms with van der Waals surface area (Å²) in [5, 5.41) is 3.15. The van der Waals surface area contributed by atoms with Crippen LogP contribution >= 0.6 is 0 Å². The molecule has 1 aromatic rings. The number of hydrogen-bond acceptors (Lipinski definition) is 1. The molecule has 0 spiro atoms. The molecule has 0 aliphatic rings. The van der Waals surface area contributed by atoms with E-state index in [1.54, 1.807) is 3.58 Å². The van der Waals surface area contributed by atoms with Crippen molar-refractivity contribution in [2.45, 2.75) is 6.42 Å². The first-order valence-electron chi connectivity index (χ1n) is 3.10. The van der Waals surface area contributed by atoms with Gasteiger partial charge < -0.3 is 0 Å². The third-order valence-corrected chi connectivity index (χ3v) is 3.87. The molecule has 1 rings (SSSR count). The summed E-state index contributed by atoms with van der Waals surface area (Å²) >= 11 is 0.147. The van der Waals surface area contributed by atoms with E-state index < -0.39 is 0 Å². The maximum absolute atomic E-state index is 3.15. The van der Waals surface area contributed by atoms with Crippen molar-refractivity contribution in [3.05, 3.63) is 19.8 Å². The Morgan fingerprint density at radius 3 is 3.11 bits per heavy atom. The van der Waals surface area contributed by atoms with Gasteiger partial charge in [0.2, 0.25) is 0 Å². The molecule has 0 saturated heterocycles. The number of likely N-dealkylation sites (N-methyl/N-ethyl adjacent to an activating group) is 1. The van der Waals surface area contributed by atoms with Crippen LogP contribution in [-0.2, 0) is 6.42 Å². The second-order valence-electron chi connectivity index (χ2n) is 1.93. The van der Waals surface area contributed by atoms with Crippen molar-refractivity contribution in [2.75, 3.05) is 13.6 Å². The molecule has 0 aromatic carbocycles. The predicted octanol–water partition coefficient (Wildman–Crippen LogP) is 0.506. The zero-order chi connectivity index (χ0) is 6.53. The van der Waals surface area contributed by atoms with Crippen molar-refractivity contribution in [3.63, 3.8) is 0 Å². The third-order valence-electron chi connectivity index (χ3n) is 1.20. The summed E-state index contributed by atoms with van der Waals surface area (Å²) in [7, 11) is 2.00. The third kappa shape index (κ3) is 2.53. The molecule has 1 N–H and O–H groups in total. The second-order valence-corrected chi connectivity index (χ2v) is 4.88. The van der Waals surface area contributed by atoms with E-state index in [1.165, 1.54) is 6.42 Å². The van der Waals surface area contributed by atoms with Crippen LogP contribution in [0.15, 0.2) is 16.2 Å². The average Bonchev–Trinajstić information content (AvgIpc) is 2.34. The second kappa shape index (κ2) is 4.11. The molecule has 0 amide bonds. The van der Waals surface area contributed by atoms with E-state index in [0.717, 1.165) is 6.54 Å². The summed E-state index contributed by atoms with van der Waals surface area (Å²) in [6, 6.07) is 4.45. The van der Waals surface area contributed by atoms with Gasteiger partial charge in [0.05, 0.1) is 0 Å². The molecule has 9 heavy (non-hydrogen) atoms. The van der Waals surface area contributed by atoms with E-state index in [0.29, 0.717) is 0 Å². The Kier molecular flexibility index (Phi) is 3.35. The zero-order valence-corrected chi connectivity index (χ0v) is 7.88. The van der Waals surface area contributed by atoms with Crippen LogP contribution in [0.5, 0.6) is 0 Å². The van der Waals surface area contributed by atoms with E-state index in [2.05, 4.69) is 21.5 Å². The molecule has 0 aliphatic heterocycles. The summed E-state index contributed by atoms with van der Waals surface area (Å²) in [4.78, 5) is 0. The molecular formula is C7H11NTe. The fourth-order valence-electron chi connectivity index (χ4n) is 0.703. The van der Waals surface area contributed by atoms with Crippen LogP contribution in [0.1, 0.15) is 3.58 Å². The first kappa shape index (κ1) is 7.34. The van der Waals surface area contributed by atoms with E-state index in [1.807, 2.05) is 7.05 Å². The normalized spacial score (nSPS) is 9.89. The van der Waals surface area contributed by atoms with Gasteiger partial charge in [-0.05, 0) is 0 Å². The molecule has 0 fully saturated rings. The van der Waals surface area contributed by atoms with E-state index in [4.69, 9.17) is 0 Å². The Morgan fingerprint density at radius 1 is 1.67 bits per heavy atom. The molecule has 0 aliphatic carbocycles. The van der Waals surface area contributed by atoms with E-state index >= 15 is 0 Å². The van der Waals surface area contributed by atoms with Crippen LogP contribution < -0.4 is 5.32 Å².